The van der Waals surface area contributed by atoms with Gasteiger partial charge in [0.05, 0.1) is 0 Å². The van der Waals surface area contributed by atoms with Crippen molar-refractivity contribution in [3.8, 4) is 0 Å². The Morgan fingerprint density at radius 2 is 1.67 bits per heavy atom. The molecular weight excluding hydrogens is 282 g/mol. The van der Waals surface area contributed by atoms with Gasteiger partial charge in [-0.05, 0) is 13.3 Å². The van der Waals surface area contributed by atoms with Crippen LogP contribution in [-0.2, 0) is 21.7 Å². The number of rotatable bonds is 1. The molecule has 0 atom stereocenters. The number of benzene rings is 1. The molecule has 0 aliphatic rings. The average molecular weight is 294 g/mol. The van der Waals surface area contributed by atoms with Gasteiger partial charge in [-0.1, -0.05) is 6.07 Å². The second kappa shape index (κ2) is 7.77. The van der Waals surface area contributed by atoms with E-state index >= 15 is 0 Å². The second-order valence-electron chi connectivity index (χ2n) is 3.24. The van der Waals surface area contributed by atoms with Gasteiger partial charge in [0.15, 0.2) is 0 Å². The summed E-state index contributed by atoms with van der Waals surface area (Å²) in [5.41, 5.74) is 0. The summed E-state index contributed by atoms with van der Waals surface area (Å²) in [4.78, 5) is 0. The fraction of sp³-hybridized carbons (Fsp3) is 0.182. The van der Waals surface area contributed by atoms with Crippen molar-refractivity contribution in [2.75, 3.05) is 13.3 Å². The maximum Gasteiger partial charge on any atom is 3.00 e. The summed E-state index contributed by atoms with van der Waals surface area (Å²) in [5, 5.41) is 4.26. The van der Waals surface area contributed by atoms with Crippen molar-refractivity contribution in [1.29, 1.82) is 0 Å². The van der Waals surface area contributed by atoms with Crippen molar-refractivity contribution in [3.05, 3.63) is 36.4 Å². The maximum atomic E-state index is 2.31. The average Bonchev–Trinajstić information content (AvgIpc) is 2.46. The summed E-state index contributed by atoms with van der Waals surface area (Å²) in [5.74, 6) is 0. The van der Waals surface area contributed by atoms with E-state index < -0.39 is 0 Å². The molecule has 0 unspecified atom stereocenters. The second-order valence-corrected chi connectivity index (χ2v) is 5.54. The Morgan fingerprint density at radius 1 is 1.07 bits per heavy atom. The van der Waals surface area contributed by atoms with E-state index in [2.05, 4.69) is 49.7 Å². The minimum absolute atomic E-state index is 0. The van der Waals surface area contributed by atoms with E-state index in [1.54, 1.807) is 0 Å². The van der Waals surface area contributed by atoms with Gasteiger partial charge in [-0.3, -0.25) is 0 Å². The van der Waals surface area contributed by atoms with Crippen molar-refractivity contribution in [3.63, 3.8) is 0 Å². The molecule has 0 aliphatic heterocycles. The molecule has 2 aromatic rings. The zero-order valence-electron chi connectivity index (χ0n) is 8.67. The van der Waals surface area contributed by atoms with Crippen molar-refractivity contribution < 1.29 is 46.5 Å². The van der Waals surface area contributed by atoms with E-state index in [4.69, 9.17) is 0 Å². The van der Waals surface area contributed by atoms with E-state index in [-0.39, 0.29) is 54.5 Å². The Hall–Kier alpha value is 0.554. The van der Waals surface area contributed by atoms with Crippen LogP contribution in [0.2, 0.25) is 0 Å². The van der Waals surface area contributed by atoms with Crippen molar-refractivity contribution in [1.82, 2.24) is 0 Å². The molecular formula is C11H12Cl2PTi. The van der Waals surface area contributed by atoms with E-state index in [0.29, 0.717) is 0 Å². The molecule has 0 fully saturated rings. The molecule has 4 heteroatoms. The standard InChI is InChI=1S/C11H12P.2ClH.Ti/c1-12(2)11-7-9-5-3-4-6-10(9)8-11;;;/h3-8H,1-2H3;2*1H;/q-1;;;+3/p-2. The maximum absolute atomic E-state index is 2.31. The quantitative estimate of drug-likeness (QED) is 0.297. The molecule has 0 amide bonds. The molecule has 0 nitrogen and oxygen atoms in total. The minimum atomic E-state index is 0. The zero-order valence-corrected chi connectivity index (χ0v) is 12.6. The first-order valence-corrected chi connectivity index (χ1v) is 6.34. The number of hydrogen-bond donors (Lipinski definition) is 0. The third-order valence-electron chi connectivity index (χ3n) is 2.12. The molecule has 79 valence electrons. The fourth-order valence-corrected chi connectivity index (χ4v) is 2.19. The Kier molecular flexibility index (Phi) is 9.29. The molecule has 2 aromatic carbocycles. The van der Waals surface area contributed by atoms with Crippen LogP contribution in [0.15, 0.2) is 36.4 Å². The van der Waals surface area contributed by atoms with Crippen LogP contribution in [0.4, 0.5) is 0 Å². The van der Waals surface area contributed by atoms with Crippen LogP contribution < -0.4 is 30.1 Å². The molecule has 0 aromatic heterocycles. The number of hydrogen-bond acceptors (Lipinski definition) is 0. The number of fused-ring (bicyclic) bond motifs is 1. The third-order valence-corrected chi connectivity index (χ3v) is 3.41. The molecule has 2 rings (SSSR count). The third kappa shape index (κ3) is 4.13. The van der Waals surface area contributed by atoms with E-state index in [0.717, 1.165) is 0 Å². The van der Waals surface area contributed by atoms with E-state index in [1.807, 2.05) is 0 Å². The molecule has 0 N–H and O–H groups in total. The predicted octanol–water partition coefficient (Wildman–Crippen LogP) is -3.07. The summed E-state index contributed by atoms with van der Waals surface area (Å²) >= 11 is 0. The van der Waals surface area contributed by atoms with E-state index in [9.17, 15) is 0 Å². The summed E-state index contributed by atoms with van der Waals surface area (Å²) in [6, 6.07) is 13.2. The van der Waals surface area contributed by atoms with Gasteiger partial charge in [0.25, 0.3) is 0 Å². The van der Waals surface area contributed by atoms with Crippen LogP contribution in [0.1, 0.15) is 0 Å². The molecule has 0 saturated carbocycles. The van der Waals surface area contributed by atoms with Crippen LogP contribution in [-0.4, -0.2) is 13.3 Å². The predicted molar refractivity (Wildman–Crippen MR) is 57.9 cm³/mol. The Balaban J connectivity index is 0. The number of halogens is 2. The van der Waals surface area contributed by atoms with Gasteiger partial charge < -0.3 is 24.8 Å². The topological polar surface area (TPSA) is 0 Å². The van der Waals surface area contributed by atoms with Crippen LogP contribution in [0, 0.1) is 0 Å². The van der Waals surface area contributed by atoms with Crippen LogP contribution in [0.5, 0.6) is 0 Å². The summed E-state index contributed by atoms with van der Waals surface area (Å²) < 4.78 is 0. The molecule has 0 heterocycles. The smallest absolute Gasteiger partial charge is 1.00 e. The Morgan fingerprint density at radius 3 is 2.20 bits per heavy atom. The van der Waals surface area contributed by atoms with Gasteiger partial charge in [0.1, 0.15) is 0 Å². The summed E-state index contributed by atoms with van der Waals surface area (Å²) in [6.45, 7) is 4.59. The molecule has 0 saturated heterocycles. The van der Waals surface area contributed by atoms with Crippen LogP contribution in [0.25, 0.3) is 10.8 Å². The Bertz CT molecular complexity index is 365. The van der Waals surface area contributed by atoms with E-state index in [1.165, 1.54) is 16.1 Å². The van der Waals surface area contributed by atoms with Gasteiger partial charge in [0.2, 0.25) is 0 Å². The van der Waals surface area contributed by atoms with Crippen LogP contribution >= 0.6 is 7.92 Å². The minimum Gasteiger partial charge on any atom is -1.00 e. The SMILES string of the molecule is CP(C)c1cc2ccccc2[cH-]1.[Cl-].[Cl-].[Ti+3]. The normalized spacial score (nSPS) is 9.00. The van der Waals surface area contributed by atoms with Crippen molar-refractivity contribution >= 4 is 24.0 Å². The van der Waals surface area contributed by atoms with Crippen molar-refractivity contribution in [2.24, 2.45) is 0 Å². The van der Waals surface area contributed by atoms with Gasteiger partial charge >= 0.3 is 21.7 Å². The molecule has 0 spiro atoms. The molecule has 0 aliphatic carbocycles. The van der Waals surface area contributed by atoms with Gasteiger partial charge in [-0.25, -0.2) is 0 Å². The molecule has 15 heavy (non-hydrogen) atoms. The first kappa shape index (κ1) is 17.9. The van der Waals surface area contributed by atoms with Crippen molar-refractivity contribution in [2.45, 2.75) is 0 Å². The summed E-state index contributed by atoms with van der Waals surface area (Å²) in [7, 11) is 0.0576. The fourth-order valence-electron chi connectivity index (χ4n) is 1.39. The largest absolute Gasteiger partial charge is 3.00 e. The monoisotopic (exact) mass is 293 g/mol. The van der Waals surface area contributed by atoms with Gasteiger partial charge in [-0.15, -0.1) is 48.3 Å². The molecule has 1 radical (unpaired) electrons. The first-order valence-electron chi connectivity index (χ1n) is 4.10. The van der Waals surface area contributed by atoms with Crippen LogP contribution in [0.3, 0.4) is 0 Å². The van der Waals surface area contributed by atoms with Gasteiger partial charge in [-0.2, -0.15) is 6.07 Å². The van der Waals surface area contributed by atoms with Gasteiger partial charge in [0, 0.05) is 0 Å². The summed E-state index contributed by atoms with van der Waals surface area (Å²) in [6.07, 6.45) is 0. The Labute approximate surface area is 120 Å². The molecule has 0 bridgehead atoms. The zero-order chi connectivity index (χ0) is 8.55. The first-order chi connectivity index (χ1) is 5.77.